The van der Waals surface area contributed by atoms with Crippen LogP contribution in [0, 0.1) is 11.6 Å². The summed E-state index contributed by atoms with van der Waals surface area (Å²) in [6, 6.07) is 8.10. The molecule has 188 valence electrons. The third-order valence-corrected chi connectivity index (χ3v) is 5.74. The lowest BCUT2D eigenvalue weighted by Crippen LogP contribution is -2.45. The normalized spacial score (nSPS) is 11.4. The molecule has 10 nitrogen and oxygen atoms in total. The minimum atomic E-state index is -1.59. The van der Waals surface area contributed by atoms with E-state index in [1.165, 1.54) is 30.3 Å². The minimum absolute atomic E-state index is 0.0722. The third-order valence-electron chi connectivity index (χ3n) is 4.89. The second kappa shape index (κ2) is 11.4. The second-order valence-electron chi connectivity index (χ2n) is 7.24. The Morgan fingerprint density at radius 3 is 2.36 bits per heavy atom. The average molecular weight is 518 g/mol. The van der Waals surface area contributed by atoms with Crippen LogP contribution in [-0.4, -0.2) is 41.2 Å². The van der Waals surface area contributed by atoms with Crippen LogP contribution in [0.15, 0.2) is 48.5 Å². The largest absolute Gasteiger partial charge is 0.465 e. The number of carbonyl (C=O) groups excluding carboxylic acids is 4. The van der Waals surface area contributed by atoms with E-state index in [1.54, 1.807) is 6.92 Å². The number of rotatable bonds is 9. The lowest BCUT2D eigenvalue weighted by atomic mass is 10.0. The fourth-order valence-electron chi connectivity index (χ4n) is 3.28. The van der Waals surface area contributed by atoms with Gasteiger partial charge in [0.1, 0.15) is 29.1 Å². The first kappa shape index (κ1) is 26.2. The maximum Gasteiger partial charge on any atom is 0.325 e. The van der Waals surface area contributed by atoms with Crippen molar-refractivity contribution in [2.45, 2.75) is 13.0 Å². The number of nitrogens with two attached hydrogens (primary N) is 2. The first-order valence-corrected chi connectivity index (χ1v) is 11.2. The summed E-state index contributed by atoms with van der Waals surface area (Å²) in [6.45, 7) is 1.11. The Morgan fingerprint density at radius 2 is 1.78 bits per heavy atom. The van der Waals surface area contributed by atoms with Crippen molar-refractivity contribution in [2.75, 3.05) is 23.8 Å². The molecule has 0 saturated carbocycles. The number of carbonyl (C=O) groups is 4. The van der Waals surface area contributed by atoms with Crippen LogP contribution in [-0.2, 0) is 14.3 Å². The van der Waals surface area contributed by atoms with Gasteiger partial charge in [0.15, 0.2) is 5.69 Å². The van der Waals surface area contributed by atoms with Gasteiger partial charge in [0.25, 0.3) is 11.8 Å². The van der Waals surface area contributed by atoms with Crippen molar-refractivity contribution in [3.8, 4) is 0 Å². The van der Waals surface area contributed by atoms with E-state index in [0.717, 1.165) is 23.1 Å². The number of aromatic nitrogens is 1. The van der Waals surface area contributed by atoms with E-state index in [0.29, 0.717) is 11.5 Å². The number of primary amides is 1. The highest BCUT2D eigenvalue weighted by atomic mass is 32.1. The van der Waals surface area contributed by atoms with Gasteiger partial charge < -0.3 is 21.5 Å². The molecule has 0 bridgehead atoms. The molecule has 1 atom stereocenters. The smallest absolute Gasteiger partial charge is 0.325 e. The molecule has 0 spiro atoms. The van der Waals surface area contributed by atoms with Gasteiger partial charge in [-0.3, -0.25) is 24.1 Å². The number of hydrogen-bond donors (Lipinski definition) is 3. The molecule has 1 aromatic heterocycles. The second-order valence-corrected chi connectivity index (χ2v) is 8.02. The predicted molar refractivity (Wildman–Crippen MR) is 127 cm³/mol. The number of nitrogens with zero attached hydrogens (tertiary/aromatic N) is 2. The van der Waals surface area contributed by atoms with Crippen molar-refractivity contribution in [2.24, 2.45) is 5.73 Å². The molecule has 3 amide bonds. The van der Waals surface area contributed by atoms with Crippen molar-refractivity contribution in [1.82, 2.24) is 9.69 Å². The van der Waals surface area contributed by atoms with Crippen molar-refractivity contribution < 1.29 is 32.7 Å². The van der Waals surface area contributed by atoms with Gasteiger partial charge in [0, 0.05) is 0 Å². The number of amides is 3. The van der Waals surface area contributed by atoms with Gasteiger partial charge in [-0.2, -0.15) is 4.37 Å². The summed E-state index contributed by atoms with van der Waals surface area (Å²) in [6.07, 6.45) is 0. The van der Waals surface area contributed by atoms with Gasteiger partial charge >= 0.3 is 5.97 Å². The van der Waals surface area contributed by atoms with Gasteiger partial charge in [0.05, 0.1) is 18.0 Å². The van der Waals surface area contributed by atoms with Gasteiger partial charge in [0.2, 0.25) is 5.91 Å². The van der Waals surface area contributed by atoms with E-state index in [4.69, 9.17) is 16.2 Å². The minimum Gasteiger partial charge on any atom is -0.465 e. The molecule has 0 saturated heterocycles. The Bertz CT molecular complexity index is 1300. The Hall–Kier alpha value is -4.39. The van der Waals surface area contributed by atoms with Crippen molar-refractivity contribution in [3.05, 3.63) is 76.3 Å². The molecule has 3 aromatic rings. The quantitative estimate of drug-likeness (QED) is 0.367. The fourth-order valence-corrected chi connectivity index (χ4v) is 4.02. The van der Waals surface area contributed by atoms with Crippen molar-refractivity contribution >= 4 is 46.6 Å². The number of anilines is 2. The average Bonchev–Trinajstić information content (AvgIpc) is 3.24. The molecule has 2 aromatic carbocycles. The fraction of sp³-hybridized carbons (Fsp3) is 0.174. The molecule has 3 rings (SSSR count). The molecule has 0 radical (unpaired) electrons. The van der Waals surface area contributed by atoms with Gasteiger partial charge in [-0.15, -0.1) is 0 Å². The molecular weight excluding hydrogens is 496 g/mol. The van der Waals surface area contributed by atoms with E-state index in [-0.39, 0.29) is 34.1 Å². The Balaban J connectivity index is 2.17. The number of nitrogens with one attached hydrogen (secondary N) is 1. The standard InChI is InChI=1S/C23H21F2N5O5S/c1-2-35-16(31)11-28-22(33)19(12-7-9-13(24)10-8-12)30(15-6-4-3-5-14(15)25)23(34)20-17(26)18(21(27)32)29-36-20/h3-10,19H,2,11,26H2,1H3,(H2,27,32)(H,28,33)/t19-/m0/s1. The topological polar surface area (TPSA) is 158 Å². The van der Waals surface area contributed by atoms with Crippen LogP contribution in [0.1, 0.15) is 38.7 Å². The number of ether oxygens (including phenoxy) is 1. The van der Waals surface area contributed by atoms with Gasteiger partial charge in [-0.1, -0.05) is 24.3 Å². The summed E-state index contributed by atoms with van der Waals surface area (Å²) >= 11 is 0.538. The Kier molecular flexibility index (Phi) is 8.27. The summed E-state index contributed by atoms with van der Waals surface area (Å²) < 4.78 is 37.3. The van der Waals surface area contributed by atoms with Gasteiger partial charge in [-0.25, -0.2) is 8.78 Å². The zero-order chi connectivity index (χ0) is 26.4. The Labute approximate surface area is 208 Å². The van der Waals surface area contributed by atoms with Crippen LogP contribution in [0.2, 0.25) is 0 Å². The van der Waals surface area contributed by atoms with E-state index in [9.17, 15) is 28.0 Å². The molecule has 0 fully saturated rings. The molecule has 0 aliphatic carbocycles. The summed E-state index contributed by atoms with van der Waals surface area (Å²) in [5.41, 5.74) is 10.2. The van der Waals surface area contributed by atoms with Crippen molar-refractivity contribution in [3.63, 3.8) is 0 Å². The number of esters is 1. The molecule has 36 heavy (non-hydrogen) atoms. The van der Waals surface area contributed by atoms with E-state index >= 15 is 0 Å². The van der Waals surface area contributed by atoms with Crippen LogP contribution in [0.3, 0.4) is 0 Å². The van der Waals surface area contributed by atoms with E-state index in [2.05, 4.69) is 9.69 Å². The maximum atomic E-state index is 15.0. The molecule has 0 unspecified atom stereocenters. The Morgan fingerprint density at radius 1 is 1.11 bits per heavy atom. The predicted octanol–water partition coefficient (Wildman–Crippen LogP) is 2.17. The molecule has 5 N–H and O–H groups in total. The molecule has 0 aliphatic heterocycles. The first-order chi connectivity index (χ1) is 17.1. The zero-order valence-corrected chi connectivity index (χ0v) is 19.7. The van der Waals surface area contributed by atoms with E-state index in [1.807, 2.05) is 0 Å². The lowest BCUT2D eigenvalue weighted by molar-refractivity contribution is -0.143. The summed E-state index contributed by atoms with van der Waals surface area (Å²) in [5.74, 6) is -5.10. The zero-order valence-electron chi connectivity index (χ0n) is 18.9. The lowest BCUT2D eigenvalue weighted by Gasteiger charge is -2.31. The van der Waals surface area contributed by atoms with E-state index < -0.39 is 47.9 Å². The molecule has 0 aliphatic rings. The van der Waals surface area contributed by atoms with Crippen LogP contribution in [0.4, 0.5) is 20.2 Å². The highest BCUT2D eigenvalue weighted by Gasteiger charge is 2.37. The number of nitrogen functional groups attached to an aromatic ring is 1. The summed E-state index contributed by atoms with van der Waals surface area (Å²) in [7, 11) is 0. The monoisotopic (exact) mass is 517 g/mol. The number of benzene rings is 2. The third kappa shape index (κ3) is 5.63. The highest BCUT2D eigenvalue weighted by molar-refractivity contribution is 7.09. The number of halogens is 2. The van der Waals surface area contributed by atoms with Crippen LogP contribution < -0.4 is 21.7 Å². The molecular formula is C23H21F2N5O5S. The first-order valence-electron chi connectivity index (χ1n) is 10.5. The van der Waals surface area contributed by atoms with Crippen LogP contribution in [0.5, 0.6) is 0 Å². The number of para-hydroxylation sites is 1. The van der Waals surface area contributed by atoms with Crippen LogP contribution >= 0.6 is 11.5 Å². The maximum absolute atomic E-state index is 15.0. The molecule has 13 heteroatoms. The highest BCUT2D eigenvalue weighted by Crippen LogP contribution is 2.34. The SMILES string of the molecule is CCOC(=O)CNC(=O)[C@H](c1ccc(F)cc1)N(C(=O)c1snc(C(N)=O)c1N)c1ccccc1F. The van der Waals surface area contributed by atoms with Crippen LogP contribution in [0.25, 0.3) is 0 Å². The van der Waals surface area contributed by atoms with Gasteiger partial charge in [-0.05, 0) is 48.3 Å². The van der Waals surface area contributed by atoms with Crippen molar-refractivity contribution in [1.29, 1.82) is 0 Å². The summed E-state index contributed by atoms with van der Waals surface area (Å²) in [4.78, 5) is 51.0. The number of hydrogen-bond acceptors (Lipinski definition) is 8. The molecule has 1 heterocycles. The summed E-state index contributed by atoms with van der Waals surface area (Å²) in [5, 5.41) is 2.35.